The van der Waals surface area contributed by atoms with Crippen LogP contribution in [0.25, 0.3) is 10.9 Å². The second kappa shape index (κ2) is 5.48. The van der Waals surface area contributed by atoms with Crippen LogP contribution in [-0.2, 0) is 24.8 Å². The van der Waals surface area contributed by atoms with E-state index in [0.29, 0.717) is 11.8 Å². The van der Waals surface area contributed by atoms with Gasteiger partial charge in [-0.05, 0) is 36.0 Å². The summed E-state index contributed by atoms with van der Waals surface area (Å²) in [7, 11) is 2.14. The number of benzene rings is 2. The second-order valence-corrected chi connectivity index (χ2v) is 7.42. The number of hydrogen-bond donors (Lipinski definition) is 0. The minimum atomic E-state index is 0.0403. The number of amides is 1. The largest absolute Gasteiger partial charge is 0.347 e. The molecule has 3 aromatic rings. The highest BCUT2D eigenvalue weighted by Gasteiger charge is 2.45. The number of nitrogens with zero attached hydrogens (tertiary/aromatic N) is 2. The lowest BCUT2D eigenvalue weighted by molar-refractivity contribution is -0.129. The monoisotopic (exact) mass is 330 g/mol. The molecule has 2 atom stereocenters. The van der Waals surface area contributed by atoms with Crippen LogP contribution in [0.15, 0.2) is 54.6 Å². The average Bonchev–Trinajstić information content (AvgIpc) is 3.12. The molecule has 2 aliphatic rings. The smallest absolute Gasteiger partial charge is 0.230 e. The third-order valence-electron chi connectivity index (χ3n) is 6.05. The molecule has 1 fully saturated rings. The summed E-state index contributed by atoms with van der Waals surface area (Å²) in [6.45, 7) is 1.62. The van der Waals surface area contributed by atoms with Gasteiger partial charge in [-0.1, -0.05) is 48.5 Å². The first-order valence-corrected chi connectivity index (χ1v) is 9.13. The second-order valence-electron chi connectivity index (χ2n) is 7.42. The Hall–Kier alpha value is -2.55. The normalized spacial score (nSPS) is 22.3. The summed E-state index contributed by atoms with van der Waals surface area (Å²) in [4.78, 5) is 15.3. The van der Waals surface area contributed by atoms with Gasteiger partial charge in [-0.25, -0.2) is 0 Å². The highest BCUT2D eigenvalue weighted by Crippen LogP contribution is 2.46. The van der Waals surface area contributed by atoms with E-state index >= 15 is 0 Å². The van der Waals surface area contributed by atoms with E-state index in [1.54, 1.807) is 0 Å². The van der Waals surface area contributed by atoms with Crippen molar-refractivity contribution >= 4 is 16.8 Å². The Kier molecular flexibility index (Phi) is 3.24. The molecule has 1 amide bonds. The highest BCUT2D eigenvalue weighted by atomic mass is 16.2. The topological polar surface area (TPSA) is 25.2 Å². The summed E-state index contributed by atoms with van der Waals surface area (Å²) in [6, 6.07) is 18.9. The van der Waals surface area contributed by atoms with Gasteiger partial charge in [-0.3, -0.25) is 4.79 Å². The van der Waals surface area contributed by atoms with Crippen LogP contribution >= 0.6 is 0 Å². The zero-order chi connectivity index (χ0) is 17.0. The van der Waals surface area contributed by atoms with Crippen LogP contribution in [0.2, 0.25) is 0 Å². The van der Waals surface area contributed by atoms with Crippen LogP contribution in [-0.4, -0.2) is 21.9 Å². The third-order valence-corrected chi connectivity index (χ3v) is 6.05. The molecule has 126 valence electrons. The van der Waals surface area contributed by atoms with Gasteiger partial charge >= 0.3 is 0 Å². The SMILES string of the molecule is Cn1c2c(c3ccccc31)[C@H]1C(=O)N(Cc3ccccc3)C[C@@H]1CC2. The number of aromatic nitrogens is 1. The summed E-state index contributed by atoms with van der Waals surface area (Å²) in [5.74, 6) is 0.805. The Bertz CT molecular complexity index is 957. The molecule has 2 heterocycles. The molecule has 1 saturated heterocycles. The number of fused-ring (bicyclic) bond motifs is 5. The van der Waals surface area contributed by atoms with Gasteiger partial charge in [0, 0.05) is 36.7 Å². The number of carbonyl (C=O) groups excluding carboxylic acids is 1. The first-order valence-electron chi connectivity index (χ1n) is 9.13. The number of carbonyl (C=O) groups is 1. The summed E-state index contributed by atoms with van der Waals surface area (Å²) in [5.41, 5.74) is 5.13. The fraction of sp³-hybridized carbons (Fsp3) is 0.318. The lowest BCUT2D eigenvalue weighted by Crippen LogP contribution is -2.26. The van der Waals surface area contributed by atoms with Gasteiger partial charge in [0.25, 0.3) is 0 Å². The van der Waals surface area contributed by atoms with Crippen LogP contribution in [0.3, 0.4) is 0 Å². The van der Waals surface area contributed by atoms with E-state index in [1.165, 1.54) is 27.7 Å². The molecule has 3 heteroatoms. The summed E-state index contributed by atoms with van der Waals surface area (Å²) in [6.07, 6.45) is 2.19. The molecule has 0 N–H and O–H groups in total. The molecule has 25 heavy (non-hydrogen) atoms. The number of para-hydroxylation sites is 1. The molecule has 2 aromatic carbocycles. The molecule has 0 bridgehead atoms. The van der Waals surface area contributed by atoms with Gasteiger partial charge in [-0.2, -0.15) is 0 Å². The van der Waals surface area contributed by atoms with Crippen molar-refractivity contribution in [3.8, 4) is 0 Å². The number of likely N-dealkylation sites (tertiary alicyclic amines) is 1. The maximum atomic E-state index is 13.3. The molecule has 3 nitrogen and oxygen atoms in total. The minimum absolute atomic E-state index is 0.0403. The van der Waals surface area contributed by atoms with Crippen LogP contribution in [0.4, 0.5) is 0 Å². The molecule has 0 radical (unpaired) electrons. The standard InChI is InChI=1S/C22H22N2O/c1-23-18-10-6-5-9-17(18)21-19(23)12-11-16-14-24(22(25)20(16)21)13-15-7-3-2-4-8-15/h2-10,16,20H,11-14H2,1H3/t16-,20-/m0/s1. The maximum absolute atomic E-state index is 13.3. The highest BCUT2D eigenvalue weighted by molar-refractivity contribution is 5.95. The van der Waals surface area contributed by atoms with Crippen molar-refractivity contribution in [2.45, 2.75) is 25.3 Å². The molecular weight excluding hydrogens is 308 g/mol. The Labute approximate surface area is 147 Å². The summed E-state index contributed by atoms with van der Waals surface area (Å²) >= 11 is 0. The van der Waals surface area contributed by atoms with E-state index in [0.717, 1.165) is 25.9 Å². The van der Waals surface area contributed by atoms with E-state index in [-0.39, 0.29) is 5.92 Å². The number of hydrogen-bond acceptors (Lipinski definition) is 1. The molecular formula is C22H22N2O. The van der Waals surface area contributed by atoms with Gasteiger partial charge in [0.05, 0.1) is 5.92 Å². The molecule has 0 saturated carbocycles. The van der Waals surface area contributed by atoms with Gasteiger partial charge in [0.15, 0.2) is 0 Å². The van der Waals surface area contributed by atoms with E-state index in [1.807, 2.05) is 18.2 Å². The molecule has 0 unspecified atom stereocenters. The number of aryl methyl sites for hydroxylation is 1. The first kappa shape index (κ1) is 14.8. The molecule has 1 aliphatic heterocycles. The predicted molar refractivity (Wildman–Crippen MR) is 99.3 cm³/mol. The number of rotatable bonds is 2. The van der Waals surface area contributed by atoms with E-state index in [4.69, 9.17) is 0 Å². The van der Waals surface area contributed by atoms with Gasteiger partial charge < -0.3 is 9.47 Å². The lowest BCUT2D eigenvalue weighted by atomic mass is 9.78. The van der Waals surface area contributed by atoms with Gasteiger partial charge in [0.2, 0.25) is 5.91 Å². The molecule has 1 aromatic heterocycles. The quantitative estimate of drug-likeness (QED) is 0.700. The van der Waals surface area contributed by atoms with Crippen LogP contribution in [0.1, 0.15) is 29.2 Å². The van der Waals surface area contributed by atoms with Crippen LogP contribution in [0, 0.1) is 5.92 Å². The Balaban J connectivity index is 1.56. The minimum Gasteiger partial charge on any atom is -0.347 e. The predicted octanol–water partition coefficient (Wildman–Crippen LogP) is 3.87. The average molecular weight is 330 g/mol. The van der Waals surface area contributed by atoms with Crippen molar-refractivity contribution in [2.24, 2.45) is 13.0 Å². The van der Waals surface area contributed by atoms with Crippen molar-refractivity contribution in [2.75, 3.05) is 6.54 Å². The zero-order valence-electron chi connectivity index (χ0n) is 14.5. The van der Waals surface area contributed by atoms with Gasteiger partial charge in [-0.15, -0.1) is 0 Å². The van der Waals surface area contributed by atoms with E-state index in [2.05, 4.69) is 52.9 Å². The molecule has 0 spiro atoms. The van der Waals surface area contributed by atoms with Crippen molar-refractivity contribution in [1.82, 2.24) is 9.47 Å². The van der Waals surface area contributed by atoms with Gasteiger partial charge in [0.1, 0.15) is 0 Å². The van der Waals surface area contributed by atoms with Crippen molar-refractivity contribution in [3.05, 3.63) is 71.4 Å². The summed E-state index contributed by atoms with van der Waals surface area (Å²) < 4.78 is 2.30. The van der Waals surface area contributed by atoms with E-state index < -0.39 is 0 Å². The molecule has 5 rings (SSSR count). The Morgan fingerprint density at radius 3 is 2.64 bits per heavy atom. The third kappa shape index (κ3) is 2.15. The first-order chi connectivity index (χ1) is 12.2. The van der Waals surface area contributed by atoms with Crippen LogP contribution in [0.5, 0.6) is 0 Å². The zero-order valence-corrected chi connectivity index (χ0v) is 14.5. The van der Waals surface area contributed by atoms with Crippen molar-refractivity contribution in [3.63, 3.8) is 0 Å². The lowest BCUT2D eigenvalue weighted by Gasteiger charge is -2.24. The fourth-order valence-electron chi connectivity index (χ4n) is 4.89. The van der Waals surface area contributed by atoms with Crippen molar-refractivity contribution in [1.29, 1.82) is 0 Å². The Morgan fingerprint density at radius 1 is 1.04 bits per heavy atom. The van der Waals surface area contributed by atoms with Crippen LogP contribution < -0.4 is 0 Å². The fourth-order valence-corrected chi connectivity index (χ4v) is 4.89. The maximum Gasteiger partial charge on any atom is 0.230 e. The van der Waals surface area contributed by atoms with E-state index in [9.17, 15) is 4.79 Å². The Morgan fingerprint density at radius 2 is 1.80 bits per heavy atom. The summed E-state index contributed by atoms with van der Waals surface area (Å²) in [5, 5.41) is 1.27. The van der Waals surface area contributed by atoms with Crippen molar-refractivity contribution < 1.29 is 4.79 Å². The molecule has 1 aliphatic carbocycles.